The van der Waals surface area contributed by atoms with Crippen molar-refractivity contribution < 1.29 is 14.3 Å². The number of nitrogens with zero attached hydrogens (tertiary/aromatic N) is 1. The fourth-order valence-electron chi connectivity index (χ4n) is 1.12. The molecule has 1 amide bonds. The third-order valence-electron chi connectivity index (χ3n) is 1.83. The third-order valence-corrected chi connectivity index (χ3v) is 2.68. The van der Waals surface area contributed by atoms with Crippen LogP contribution in [0.3, 0.4) is 0 Å². The van der Waals surface area contributed by atoms with Gasteiger partial charge in [0.2, 0.25) is 5.91 Å². The Kier molecular flexibility index (Phi) is 5.41. The summed E-state index contributed by atoms with van der Waals surface area (Å²) in [5, 5.41) is 5.41. The van der Waals surface area contributed by atoms with E-state index in [-0.39, 0.29) is 24.7 Å². The number of primary amides is 1. The molecular formula is C10H15N3O3S. The number of carbonyl (C=O) groups excluding carboxylic acids is 2. The van der Waals surface area contributed by atoms with Crippen molar-refractivity contribution in [2.45, 2.75) is 19.8 Å². The normalized spacial score (nSPS) is 9.94. The van der Waals surface area contributed by atoms with Crippen LogP contribution in [0.25, 0.3) is 0 Å². The molecule has 0 bridgehead atoms. The van der Waals surface area contributed by atoms with E-state index in [9.17, 15) is 9.59 Å². The third kappa shape index (κ3) is 5.30. The number of rotatable bonds is 7. The minimum Gasteiger partial charge on any atom is -0.466 e. The average Bonchev–Trinajstić information content (AvgIpc) is 2.65. The Morgan fingerprint density at radius 1 is 1.59 bits per heavy atom. The smallest absolute Gasteiger partial charge is 0.311 e. The summed E-state index contributed by atoms with van der Waals surface area (Å²) in [5.74, 6) is -0.651. The van der Waals surface area contributed by atoms with Crippen LogP contribution in [0.4, 0.5) is 5.13 Å². The van der Waals surface area contributed by atoms with E-state index in [1.54, 1.807) is 12.3 Å². The number of nitrogens with one attached hydrogen (secondary N) is 1. The predicted octanol–water partition coefficient (Wildman–Crippen LogP) is 0.536. The highest BCUT2D eigenvalue weighted by Crippen LogP contribution is 2.15. The molecule has 0 aliphatic heterocycles. The molecule has 17 heavy (non-hydrogen) atoms. The number of amides is 1. The first kappa shape index (κ1) is 13.4. The van der Waals surface area contributed by atoms with Crippen molar-refractivity contribution in [3.63, 3.8) is 0 Å². The molecule has 0 atom stereocenters. The number of anilines is 1. The van der Waals surface area contributed by atoms with Crippen molar-refractivity contribution in [3.8, 4) is 0 Å². The summed E-state index contributed by atoms with van der Waals surface area (Å²) in [6, 6.07) is 0. The van der Waals surface area contributed by atoms with Crippen LogP contribution in [0.2, 0.25) is 0 Å². The maximum atomic E-state index is 11.2. The lowest BCUT2D eigenvalue weighted by Crippen LogP contribution is -2.15. The van der Waals surface area contributed by atoms with Gasteiger partial charge in [-0.05, 0) is 6.92 Å². The molecule has 3 N–H and O–H groups in total. The van der Waals surface area contributed by atoms with Crippen LogP contribution < -0.4 is 11.1 Å². The summed E-state index contributed by atoms with van der Waals surface area (Å²) >= 11 is 1.38. The Bertz CT molecular complexity index is 392. The van der Waals surface area contributed by atoms with E-state index in [4.69, 9.17) is 10.5 Å². The van der Waals surface area contributed by atoms with E-state index in [1.807, 2.05) is 0 Å². The van der Waals surface area contributed by atoms with Crippen LogP contribution in [0.1, 0.15) is 19.0 Å². The van der Waals surface area contributed by atoms with Gasteiger partial charge < -0.3 is 15.8 Å². The fourth-order valence-corrected chi connectivity index (χ4v) is 1.86. The number of esters is 1. The Balaban J connectivity index is 2.37. The van der Waals surface area contributed by atoms with Crippen molar-refractivity contribution >= 4 is 28.3 Å². The van der Waals surface area contributed by atoms with Crippen molar-refractivity contribution in [2.24, 2.45) is 5.73 Å². The summed E-state index contributed by atoms with van der Waals surface area (Å²) in [5.41, 5.74) is 5.67. The van der Waals surface area contributed by atoms with E-state index in [0.717, 1.165) is 0 Å². The largest absolute Gasteiger partial charge is 0.466 e. The van der Waals surface area contributed by atoms with E-state index in [1.165, 1.54) is 11.3 Å². The second-order valence-corrected chi connectivity index (χ2v) is 4.13. The first-order valence-corrected chi connectivity index (χ1v) is 6.12. The molecule has 0 aromatic carbocycles. The second-order valence-electron chi connectivity index (χ2n) is 3.27. The molecule has 0 radical (unpaired) electrons. The molecule has 7 heteroatoms. The molecule has 0 aliphatic carbocycles. The van der Waals surface area contributed by atoms with Crippen molar-refractivity contribution in [2.75, 3.05) is 18.5 Å². The monoisotopic (exact) mass is 257 g/mol. The van der Waals surface area contributed by atoms with Crippen LogP contribution in [-0.2, 0) is 20.7 Å². The molecule has 1 rings (SSSR count). The number of thiazole rings is 1. The summed E-state index contributed by atoms with van der Waals surface area (Å²) in [6.45, 7) is 2.57. The van der Waals surface area contributed by atoms with Crippen molar-refractivity contribution in [1.82, 2.24) is 4.98 Å². The zero-order valence-electron chi connectivity index (χ0n) is 9.56. The SMILES string of the molecule is CCOC(=O)Cc1csc(NCCC(N)=O)n1. The Morgan fingerprint density at radius 3 is 3.00 bits per heavy atom. The highest BCUT2D eigenvalue weighted by atomic mass is 32.1. The molecule has 94 valence electrons. The summed E-state index contributed by atoms with van der Waals surface area (Å²) in [7, 11) is 0. The quantitative estimate of drug-likeness (QED) is 0.695. The maximum absolute atomic E-state index is 11.2. The summed E-state index contributed by atoms with van der Waals surface area (Å²) < 4.78 is 4.81. The van der Waals surface area contributed by atoms with Crippen molar-refractivity contribution in [1.29, 1.82) is 0 Å². The van der Waals surface area contributed by atoms with Crippen LogP contribution in [0, 0.1) is 0 Å². The van der Waals surface area contributed by atoms with Gasteiger partial charge in [-0.25, -0.2) is 4.98 Å². The van der Waals surface area contributed by atoms with Gasteiger partial charge in [0.25, 0.3) is 0 Å². The first-order valence-electron chi connectivity index (χ1n) is 5.24. The molecule has 0 unspecified atom stereocenters. The number of ether oxygens (including phenoxy) is 1. The molecule has 0 fully saturated rings. The van der Waals surface area contributed by atoms with Gasteiger partial charge in [0.15, 0.2) is 5.13 Å². The number of aromatic nitrogens is 1. The van der Waals surface area contributed by atoms with Crippen LogP contribution in [0.15, 0.2) is 5.38 Å². The topological polar surface area (TPSA) is 94.3 Å². The predicted molar refractivity (Wildman–Crippen MR) is 64.8 cm³/mol. The lowest BCUT2D eigenvalue weighted by molar-refractivity contribution is -0.142. The van der Waals surface area contributed by atoms with Gasteiger partial charge >= 0.3 is 5.97 Å². The highest BCUT2D eigenvalue weighted by Gasteiger charge is 2.08. The van der Waals surface area contributed by atoms with Gasteiger partial charge in [0.1, 0.15) is 0 Å². The molecule has 6 nitrogen and oxygen atoms in total. The van der Waals surface area contributed by atoms with Gasteiger partial charge in [-0.3, -0.25) is 9.59 Å². The fraction of sp³-hybridized carbons (Fsp3) is 0.500. The first-order chi connectivity index (χ1) is 8.11. The minimum absolute atomic E-state index is 0.168. The molecule has 0 saturated heterocycles. The van der Waals surface area contributed by atoms with Gasteiger partial charge in [0, 0.05) is 18.3 Å². The van der Waals surface area contributed by atoms with E-state index >= 15 is 0 Å². The molecule has 1 aromatic heterocycles. The highest BCUT2D eigenvalue weighted by molar-refractivity contribution is 7.13. The Hall–Kier alpha value is -1.63. The van der Waals surface area contributed by atoms with Crippen LogP contribution in [0.5, 0.6) is 0 Å². The number of carbonyl (C=O) groups is 2. The maximum Gasteiger partial charge on any atom is 0.311 e. The summed E-state index contributed by atoms with van der Waals surface area (Å²) in [4.78, 5) is 25.9. The van der Waals surface area contributed by atoms with E-state index in [0.29, 0.717) is 24.0 Å². The molecule has 0 aliphatic rings. The van der Waals surface area contributed by atoms with Crippen LogP contribution >= 0.6 is 11.3 Å². The zero-order chi connectivity index (χ0) is 12.7. The summed E-state index contributed by atoms with van der Waals surface area (Å²) in [6.07, 6.45) is 0.425. The Labute approximate surface area is 103 Å². The number of nitrogens with two attached hydrogens (primary N) is 1. The lowest BCUT2D eigenvalue weighted by atomic mass is 10.3. The molecule has 1 heterocycles. The van der Waals surface area contributed by atoms with Gasteiger partial charge in [0.05, 0.1) is 18.7 Å². The number of hydrogen-bond acceptors (Lipinski definition) is 6. The van der Waals surface area contributed by atoms with Gasteiger partial charge in [-0.2, -0.15) is 0 Å². The van der Waals surface area contributed by atoms with Crippen molar-refractivity contribution in [3.05, 3.63) is 11.1 Å². The minimum atomic E-state index is -0.360. The average molecular weight is 257 g/mol. The Morgan fingerprint density at radius 2 is 2.35 bits per heavy atom. The molecular weight excluding hydrogens is 242 g/mol. The van der Waals surface area contributed by atoms with E-state index < -0.39 is 0 Å². The van der Waals surface area contributed by atoms with Gasteiger partial charge in [-0.1, -0.05) is 0 Å². The zero-order valence-corrected chi connectivity index (χ0v) is 10.4. The lowest BCUT2D eigenvalue weighted by Gasteiger charge is -1.99. The number of hydrogen-bond donors (Lipinski definition) is 2. The molecule has 0 saturated carbocycles. The standard InChI is InChI=1S/C10H15N3O3S/c1-2-16-9(15)5-7-6-17-10(13-7)12-4-3-8(11)14/h6H,2-5H2,1H3,(H2,11,14)(H,12,13). The van der Waals surface area contributed by atoms with Crippen LogP contribution in [-0.4, -0.2) is 30.0 Å². The molecule has 1 aromatic rings. The van der Waals surface area contributed by atoms with Gasteiger partial charge in [-0.15, -0.1) is 11.3 Å². The van der Waals surface area contributed by atoms with E-state index in [2.05, 4.69) is 10.3 Å². The second kappa shape index (κ2) is 6.85. The molecule has 0 spiro atoms.